The largest absolute Gasteiger partial charge is 0.483 e. The van der Waals surface area contributed by atoms with Crippen LogP contribution < -0.4 is 21.5 Å². The van der Waals surface area contributed by atoms with E-state index in [0.29, 0.717) is 5.75 Å². The minimum Gasteiger partial charge on any atom is -0.483 e. The highest BCUT2D eigenvalue weighted by Gasteiger charge is 2.11. The maximum Gasteiger partial charge on any atom is 0.318 e. The van der Waals surface area contributed by atoms with Gasteiger partial charge in [0.05, 0.1) is 0 Å². The molecule has 1 aromatic rings. The summed E-state index contributed by atoms with van der Waals surface area (Å²) in [5.41, 5.74) is 12.0. The summed E-state index contributed by atoms with van der Waals surface area (Å²) in [5.74, 6) is -0.0619. The zero-order chi connectivity index (χ0) is 13.7. The topological polar surface area (TPSA) is 107 Å². The van der Waals surface area contributed by atoms with Crippen LogP contribution in [-0.4, -0.2) is 18.5 Å². The Balaban J connectivity index is 2.78. The smallest absolute Gasteiger partial charge is 0.318 e. The molecule has 0 heterocycles. The second-order valence-corrected chi connectivity index (χ2v) is 4.53. The van der Waals surface area contributed by atoms with Crippen molar-refractivity contribution in [2.24, 2.45) is 11.5 Å². The maximum absolute atomic E-state index is 11.2. The highest BCUT2D eigenvalue weighted by atomic mass is 79.9. The van der Waals surface area contributed by atoms with Crippen molar-refractivity contribution in [1.82, 2.24) is 5.32 Å². The number of hydrogen-bond acceptors (Lipinski definition) is 4. The summed E-state index contributed by atoms with van der Waals surface area (Å²) >= 11 is 3.35. The molecule has 0 atom stereocenters. The van der Waals surface area contributed by atoms with Crippen LogP contribution >= 0.6 is 15.9 Å². The number of hydrogen-bond donors (Lipinski definition) is 3. The van der Waals surface area contributed by atoms with Gasteiger partial charge in [0.1, 0.15) is 5.75 Å². The van der Waals surface area contributed by atoms with Crippen LogP contribution in [-0.2, 0) is 11.3 Å². The number of urea groups is 1. The van der Waals surface area contributed by atoms with Crippen LogP contribution in [0.25, 0.3) is 0 Å². The van der Waals surface area contributed by atoms with Crippen LogP contribution in [0.1, 0.15) is 11.1 Å². The van der Waals surface area contributed by atoms with Crippen molar-refractivity contribution in [2.75, 3.05) is 6.61 Å². The van der Waals surface area contributed by atoms with Gasteiger partial charge >= 0.3 is 6.03 Å². The van der Waals surface area contributed by atoms with Crippen molar-refractivity contribution in [3.05, 3.63) is 27.7 Å². The van der Waals surface area contributed by atoms with Crippen molar-refractivity contribution in [2.45, 2.75) is 13.5 Å². The van der Waals surface area contributed by atoms with Gasteiger partial charge in [-0.25, -0.2) is 4.79 Å². The van der Waals surface area contributed by atoms with Crippen molar-refractivity contribution in [3.8, 4) is 5.75 Å². The molecule has 0 fully saturated rings. The molecule has 6 nitrogen and oxygen atoms in total. The van der Waals surface area contributed by atoms with Crippen LogP contribution in [0.2, 0.25) is 0 Å². The first kappa shape index (κ1) is 14.5. The first-order chi connectivity index (χ1) is 8.43. The molecule has 3 amide bonds. The summed E-state index contributed by atoms with van der Waals surface area (Å²) in [6, 6.07) is 2.75. The zero-order valence-electron chi connectivity index (χ0n) is 9.83. The number of rotatable bonds is 4. The van der Waals surface area contributed by atoms with Gasteiger partial charge in [-0.15, -0.1) is 0 Å². The Kier molecular flexibility index (Phi) is 5.11. The van der Waals surface area contributed by atoms with E-state index in [1.165, 1.54) is 0 Å². The van der Waals surface area contributed by atoms with Gasteiger partial charge in [0.15, 0.2) is 6.61 Å². The molecule has 18 heavy (non-hydrogen) atoms. The molecular formula is C11H14BrN3O3. The number of nitrogens with one attached hydrogen (secondary N) is 1. The van der Waals surface area contributed by atoms with Gasteiger partial charge in [0, 0.05) is 16.6 Å². The predicted octanol–water partition coefficient (Wildman–Crippen LogP) is 0.790. The second-order valence-electron chi connectivity index (χ2n) is 3.62. The minimum absolute atomic E-state index is 0.285. The van der Waals surface area contributed by atoms with Crippen LogP contribution in [0.4, 0.5) is 4.79 Å². The van der Waals surface area contributed by atoms with Gasteiger partial charge in [0.2, 0.25) is 0 Å². The Morgan fingerprint density at radius 1 is 1.44 bits per heavy atom. The molecule has 98 valence electrons. The van der Waals surface area contributed by atoms with E-state index in [1.54, 1.807) is 0 Å². The molecule has 7 heteroatoms. The van der Waals surface area contributed by atoms with E-state index in [1.807, 2.05) is 24.4 Å². The van der Waals surface area contributed by atoms with Gasteiger partial charge in [0.25, 0.3) is 5.91 Å². The number of amides is 3. The first-order valence-electron chi connectivity index (χ1n) is 5.15. The van der Waals surface area contributed by atoms with Gasteiger partial charge in [-0.3, -0.25) is 10.1 Å². The molecule has 1 aromatic carbocycles. The lowest BCUT2D eigenvalue weighted by molar-refractivity contribution is -0.121. The molecule has 0 aliphatic heterocycles. The summed E-state index contributed by atoms with van der Waals surface area (Å²) in [4.78, 5) is 21.7. The number of primary amides is 1. The lowest BCUT2D eigenvalue weighted by atomic mass is 10.1. The molecule has 5 N–H and O–H groups in total. The van der Waals surface area contributed by atoms with Crippen molar-refractivity contribution in [3.63, 3.8) is 0 Å². The summed E-state index contributed by atoms with van der Waals surface area (Å²) in [6.07, 6.45) is 0. The number of aryl methyl sites for hydroxylation is 1. The van der Waals surface area contributed by atoms with E-state index >= 15 is 0 Å². The normalized spacial score (nSPS) is 9.94. The van der Waals surface area contributed by atoms with E-state index in [0.717, 1.165) is 15.6 Å². The monoisotopic (exact) mass is 315 g/mol. The summed E-state index contributed by atoms with van der Waals surface area (Å²) < 4.78 is 6.24. The predicted molar refractivity (Wildman–Crippen MR) is 70.0 cm³/mol. The fourth-order valence-corrected chi connectivity index (χ4v) is 2.09. The molecule has 1 rings (SSSR count). The lowest BCUT2D eigenvalue weighted by Crippen LogP contribution is -2.38. The molecular weight excluding hydrogens is 302 g/mol. The van der Waals surface area contributed by atoms with E-state index in [4.69, 9.17) is 16.2 Å². The van der Waals surface area contributed by atoms with Crippen LogP contribution in [0.15, 0.2) is 16.6 Å². The van der Waals surface area contributed by atoms with Crippen molar-refractivity contribution in [1.29, 1.82) is 0 Å². The fraction of sp³-hybridized carbons (Fsp3) is 0.273. The average molecular weight is 316 g/mol. The first-order valence-corrected chi connectivity index (χ1v) is 5.94. The Labute approximate surface area is 113 Å². The van der Waals surface area contributed by atoms with Crippen molar-refractivity contribution < 1.29 is 14.3 Å². The molecule has 0 aliphatic rings. The zero-order valence-corrected chi connectivity index (χ0v) is 11.4. The molecule has 0 spiro atoms. The number of nitrogens with two attached hydrogens (primary N) is 2. The number of carbonyl (C=O) groups is 2. The number of ether oxygens (including phenoxy) is 1. The number of imide groups is 1. The highest BCUT2D eigenvalue weighted by molar-refractivity contribution is 9.10. The minimum atomic E-state index is -0.907. The molecule has 0 saturated heterocycles. The third-order valence-corrected chi connectivity index (χ3v) is 2.60. The summed E-state index contributed by atoms with van der Waals surface area (Å²) in [6.45, 7) is 1.83. The lowest BCUT2D eigenvalue weighted by Gasteiger charge is -2.13. The molecule has 0 aromatic heterocycles. The quantitative estimate of drug-likeness (QED) is 0.763. The second kappa shape index (κ2) is 6.36. The summed E-state index contributed by atoms with van der Waals surface area (Å²) in [7, 11) is 0. The average Bonchev–Trinajstić information content (AvgIpc) is 2.25. The molecule has 0 aliphatic carbocycles. The third kappa shape index (κ3) is 4.01. The van der Waals surface area contributed by atoms with E-state index in [2.05, 4.69) is 15.9 Å². The SMILES string of the molecule is Cc1cc(Br)cc(CN)c1OCC(=O)NC(N)=O. The van der Waals surface area contributed by atoms with Gasteiger partial charge in [-0.1, -0.05) is 15.9 Å². The fourth-order valence-electron chi connectivity index (χ4n) is 1.47. The number of carbonyl (C=O) groups excluding carboxylic acids is 2. The van der Waals surface area contributed by atoms with Crippen LogP contribution in [0.3, 0.4) is 0 Å². The Hall–Kier alpha value is -1.60. The molecule has 0 saturated carbocycles. The Morgan fingerprint density at radius 2 is 2.11 bits per heavy atom. The molecule has 0 unspecified atom stereocenters. The molecule has 0 bridgehead atoms. The number of benzene rings is 1. The van der Waals surface area contributed by atoms with Crippen LogP contribution in [0.5, 0.6) is 5.75 Å². The highest BCUT2D eigenvalue weighted by Crippen LogP contribution is 2.27. The Bertz CT molecular complexity index is 477. The van der Waals surface area contributed by atoms with Crippen LogP contribution in [0, 0.1) is 6.92 Å². The third-order valence-electron chi connectivity index (χ3n) is 2.15. The number of halogens is 1. The standard InChI is InChI=1S/C11H14BrN3O3/c1-6-2-8(12)3-7(4-13)10(6)18-5-9(16)15-11(14)17/h2-3H,4-5,13H2,1H3,(H3,14,15,16,17). The van der Waals surface area contributed by atoms with Gasteiger partial charge < -0.3 is 16.2 Å². The van der Waals surface area contributed by atoms with E-state index in [-0.39, 0.29) is 13.2 Å². The Morgan fingerprint density at radius 3 is 2.67 bits per heavy atom. The molecule has 0 radical (unpaired) electrons. The van der Waals surface area contributed by atoms with Gasteiger partial charge in [-0.05, 0) is 24.6 Å². The van der Waals surface area contributed by atoms with E-state index in [9.17, 15) is 9.59 Å². The maximum atomic E-state index is 11.2. The van der Waals surface area contributed by atoms with E-state index < -0.39 is 11.9 Å². The van der Waals surface area contributed by atoms with Crippen molar-refractivity contribution >= 4 is 27.9 Å². The van der Waals surface area contributed by atoms with Gasteiger partial charge in [-0.2, -0.15) is 0 Å². The summed E-state index contributed by atoms with van der Waals surface area (Å²) in [5, 5.41) is 1.92.